The van der Waals surface area contributed by atoms with Crippen LogP contribution in [0.2, 0.25) is 0 Å². The third kappa shape index (κ3) is 5.11. The molecule has 0 bridgehead atoms. The Hall–Kier alpha value is -7.22. The Bertz CT molecular complexity index is 3610. The van der Waals surface area contributed by atoms with Gasteiger partial charge in [-0.1, -0.05) is 178 Å². The van der Waals surface area contributed by atoms with Gasteiger partial charge in [0.15, 0.2) is 0 Å². The number of fused-ring (bicyclic) bond motifs is 5. The van der Waals surface area contributed by atoms with Gasteiger partial charge in [0.05, 0.1) is 5.54 Å². The lowest BCUT2D eigenvalue weighted by molar-refractivity contribution is 0.222. The average molecular weight is 806 g/mol. The molecule has 0 amide bonds. The number of anilines is 2. The van der Waals surface area contributed by atoms with E-state index in [9.17, 15) is 0 Å². The second-order valence-electron chi connectivity index (χ2n) is 19.0. The maximum Gasteiger partial charge on any atom is 0.0543 e. The fourth-order valence-electron chi connectivity index (χ4n) is 12.3. The van der Waals surface area contributed by atoms with Crippen LogP contribution in [0.5, 0.6) is 0 Å². The molecule has 1 aliphatic heterocycles. The first-order chi connectivity index (χ1) is 30.9. The summed E-state index contributed by atoms with van der Waals surface area (Å²) in [7, 11) is 0. The van der Waals surface area contributed by atoms with E-state index in [0.717, 1.165) is 0 Å². The molecule has 1 heterocycles. The van der Waals surface area contributed by atoms with Gasteiger partial charge < -0.3 is 4.90 Å². The summed E-state index contributed by atoms with van der Waals surface area (Å²) < 4.78 is 0. The lowest BCUT2D eigenvalue weighted by Crippen LogP contribution is -2.50. The molecule has 1 fully saturated rings. The normalized spacial score (nSPS) is 18.0. The predicted octanol–water partition coefficient (Wildman–Crippen LogP) is 17.4. The van der Waals surface area contributed by atoms with Gasteiger partial charge in [-0.15, -0.1) is 0 Å². The van der Waals surface area contributed by atoms with Gasteiger partial charge in [-0.25, -0.2) is 0 Å². The summed E-state index contributed by atoms with van der Waals surface area (Å²) in [4.78, 5) is 2.69. The quantitative estimate of drug-likeness (QED) is 0.157. The number of hydrogen-bond acceptors (Lipinski definition) is 1. The zero-order chi connectivity index (χ0) is 42.0. The molecule has 0 N–H and O–H groups in total. The Morgan fingerprint density at radius 1 is 0.397 bits per heavy atom. The summed E-state index contributed by atoms with van der Waals surface area (Å²) in [6, 6.07) is 75.6. The third-order valence-electron chi connectivity index (χ3n) is 15.7. The van der Waals surface area contributed by atoms with E-state index in [0.29, 0.717) is 5.92 Å². The molecular formula is C62H47N. The summed E-state index contributed by atoms with van der Waals surface area (Å²) in [6.07, 6.45) is 2.39. The molecule has 2 aliphatic rings. The fraction of sp³-hybridized carbons (Fsp3) is 0.129. The molecule has 300 valence electrons. The molecule has 0 spiro atoms. The van der Waals surface area contributed by atoms with Crippen molar-refractivity contribution >= 4 is 65.2 Å². The summed E-state index contributed by atoms with van der Waals surface area (Å²) in [5.74, 6) is 0.427. The molecule has 63 heavy (non-hydrogen) atoms. The SMILES string of the molecule is CC1(C)CCC2c3cc(-c4cc(-c5cccc6ccccc56)c5ccc6c(-c7ccccc7)cc(-c7cccc8ccccc78)c7ccc4c5c67)ccc3N(c3ccccc3)C21C. The van der Waals surface area contributed by atoms with E-state index >= 15 is 0 Å². The van der Waals surface area contributed by atoms with Gasteiger partial charge in [0.1, 0.15) is 0 Å². The molecule has 11 aromatic carbocycles. The molecule has 2 unspecified atom stereocenters. The molecule has 2 atom stereocenters. The van der Waals surface area contributed by atoms with Crippen LogP contribution in [0.15, 0.2) is 200 Å². The van der Waals surface area contributed by atoms with Crippen molar-refractivity contribution in [3.05, 3.63) is 206 Å². The van der Waals surface area contributed by atoms with Crippen LogP contribution < -0.4 is 4.90 Å². The highest BCUT2D eigenvalue weighted by Crippen LogP contribution is 2.66. The van der Waals surface area contributed by atoms with E-state index in [2.05, 4.69) is 226 Å². The van der Waals surface area contributed by atoms with Crippen LogP contribution >= 0.6 is 0 Å². The Balaban J connectivity index is 1.15. The zero-order valence-electron chi connectivity index (χ0n) is 36.0. The molecular weight excluding hydrogens is 759 g/mol. The van der Waals surface area contributed by atoms with Crippen molar-refractivity contribution in [2.24, 2.45) is 5.41 Å². The second kappa shape index (κ2) is 13.4. The Kier molecular flexibility index (Phi) is 7.74. The minimum Gasteiger partial charge on any atom is -0.334 e. The lowest BCUT2D eigenvalue weighted by atomic mass is 9.72. The van der Waals surface area contributed by atoms with Gasteiger partial charge >= 0.3 is 0 Å². The van der Waals surface area contributed by atoms with Crippen molar-refractivity contribution in [2.75, 3.05) is 4.90 Å². The summed E-state index contributed by atoms with van der Waals surface area (Å²) in [5, 5.41) is 12.9. The molecule has 0 aromatic heterocycles. The smallest absolute Gasteiger partial charge is 0.0543 e. The standard InChI is InChI=1S/C62H47N/c1-61(2)35-34-57-56-36-42(28-33-58(56)63(62(57,61)3)43-22-8-5-9-23-43)53-38-55(47-27-15-21-40-19-11-13-25-45(40)47)51-31-29-48-52(41-16-6-4-7-17-41)37-54(50-32-30-49(53)60(51)59(48)50)46-26-14-20-39-18-10-12-24-44(39)46/h4-33,36-38,57H,34-35H2,1-3H3. The van der Waals surface area contributed by atoms with Crippen LogP contribution in [-0.2, 0) is 0 Å². The highest BCUT2D eigenvalue weighted by Gasteiger charge is 2.60. The van der Waals surface area contributed by atoms with Gasteiger partial charge in [0.2, 0.25) is 0 Å². The van der Waals surface area contributed by atoms with E-state index in [1.807, 2.05) is 0 Å². The van der Waals surface area contributed by atoms with E-state index < -0.39 is 0 Å². The highest BCUT2D eigenvalue weighted by atomic mass is 15.3. The molecule has 1 saturated carbocycles. The molecule has 1 nitrogen and oxygen atoms in total. The maximum absolute atomic E-state index is 2.69. The van der Waals surface area contributed by atoms with E-state index in [-0.39, 0.29) is 11.0 Å². The van der Waals surface area contributed by atoms with Crippen molar-refractivity contribution < 1.29 is 0 Å². The lowest BCUT2D eigenvalue weighted by Gasteiger charge is -2.47. The number of benzene rings is 11. The second-order valence-corrected chi connectivity index (χ2v) is 19.0. The number of rotatable bonds is 5. The van der Waals surface area contributed by atoms with Crippen molar-refractivity contribution in [3.63, 3.8) is 0 Å². The Morgan fingerprint density at radius 3 is 1.48 bits per heavy atom. The van der Waals surface area contributed by atoms with E-state index in [1.54, 1.807) is 0 Å². The first-order valence-corrected chi connectivity index (χ1v) is 22.7. The molecule has 1 heteroatoms. The minimum absolute atomic E-state index is 0.0437. The van der Waals surface area contributed by atoms with Gasteiger partial charge in [0.25, 0.3) is 0 Å². The monoisotopic (exact) mass is 805 g/mol. The van der Waals surface area contributed by atoms with Crippen molar-refractivity contribution in [1.82, 2.24) is 0 Å². The van der Waals surface area contributed by atoms with Crippen molar-refractivity contribution in [2.45, 2.75) is 45.1 Å². The number of para-hydroxylation sites is 1. The van der Waals surface area contributed by atoms with Crippen LogP contribution in [0.4, 0.5) is 11.4 Å². The van der Waals surface area contributed by atoms with E-state index in [4.69, 9.17) is 0 Å². The van der Waals surface area contributed by atoms with Crippen LogP contribution in [0.25, 0.3) is 98.4 Å². The largest absolute Gasteiger partial charge is 0.334 e. The van der Waals surface area contributed by atoms with Crippen molar-refractivity contribution in [3.8, 4) is 44.5 Å². The molecule has 11 aromatic rings. The fourth-order valence-corrected chi connectivity index (χ4v) is 12.3. The summed E-state index contributed by atoms with van der Waals surface area (Å²) >= 11 is 0. The number of hydrogen-bond donors (Lipinski definition) is 0. The Morgan fingerprint density at radius 2 is 0.889 bits per heavy atom. The topological polar surface area (TPSA) is 3.24 Å². The average Bonchev–Trinajstić information content (AvgIpc) is 3.74. The van der Waals surface area contributed by atoms with Gasteiger partial charge in [-0.05, 0) is 166 Å². The van der Waals surface area contributed by atoms with Gasteiger partial charge in [-0.2, -0.15) is 0 Å². The molecule has 0 radical (unpaired) electrons. The van der Waals surface area contributed by atoms with Crippen LogP contribution in [0, 0.1) is 5.41 Å². The summed E-state index contributed by atoms with van der Waals surface area (Å²) in [6.45, 7) is 7.51. The summed E-state index contributed by atoms with van der Waals surface area (Å²) in [5.41, 5.74) is 14.4. The van der Waals surface area contributed by atoms with Gasteiger partial charge in [-0.3, -0.25) is 0 Å². The predicted molar refractivity (Wildman–Crippen MR) is 270 cm³/mol. The van der Waals surface area contributed by atoms with E-state index in [1.165, 1.54) is 128 Å². The minimum atomic E-state index is -0.0437. The first kappa shape index (κ1) is 36.4. The van der Waals surface area contributed by atoms with Crippen molar-refractivity contribution in [1.29, 1.82) is 0 Å². The molecule has 13 rings (SSSR count). The third-order valence-corrected chi connectivity index (χ3v) is 15.7. The number of nitrogens with zero attached hydrogens (tertiary/aromatic N) is 1. The van der Waals surface area contributed by atoms with Crippen LogP contribution in [0.3, 0.4) is 0 Å². The first-order valence-electron chi connectivity index (χ1n) is 22.7. The Labute approximate surface area is 369 Å². The van der Waals surface area contributed by atoms with Crippen LogP contribution in [-0.4, -0.2) is 5.54 Å². The maximum atomic E-state index is 2.69. The molecule has 1 aliphatic carbocycles. The van der Waals surface area contributed by atoms with Crippen LogP contribution in [0.1, 0.15) is 45.1 Å². The highest BCUT2D eigenvalue weighted by molar-refractivity contribution is 6.32. The van der Waals surface area contributed by atoms with Gasteiger partial charge in [0, 0.05) is 17.3 Å². The zero-order valence-corrected chi connectivity index (χ0v) is 36.0. The molecule has 0 saturated heterocycles.